The van der Waals surface area contributed by atoms with Gasteiger partial charge < -0.3 is 20.0 Å². The molecule has 0 unspecified atom stereocenters. The summed E-state index contributed by atoms with van der Waals surface area (Å²) in [5, 5.41) is 2.85. The summed E-state index contributed by atoms with van der Waals surface area (Å²) in [6.45, 7) is 11.4. The molecule has 3 rings (SSSR count). The molecule has 1 aliphatic heterocycles. The third-order valence-electron chi connectivity index (χ3n) is 6.09. The van der Waals surface area contributed by atoms with Crippen LogP contribution in [0.15, 0.2) is 42.5 Å². The maximum absolute atomic E-state index is 13.3. The molecule has 176 valence electrons. The molecule has 0 atom stereocenters. The Bertz CT molecular complexity index is 991. The van der Waals surface area contributed by atoms with E-state index in [0.717, 1.165) is 11.3 Å². The van der Waals surface area contributed by atoms with Gasteiger partial charge in [-0.05, 0) is 51.1 Å². The second-order valence-corrected chi connectivity index (χ2v) is 8.26. The van der Waals surface area contributed by atoms with Gasteiger partial charge in [0.2, 0.25) is 5.91 Å². The first-order valence-corrected chi connectivity index (χ1v) is 11.7. The molecule has 2 aromatic carbocycles. The lowest BCUT2D eigenvalue weighted by molar-refractivity contribution is -0.115. The third kappa shape index (κ3) is 5.72. The second kappa shape index (κ2) is 11.0. The average Bonchev–Trinajstić information content (AvgIpc) is 2.84. The fourth-order valence-corrected chi connectivity index (χ4v) is 4.02. The maximum Gasteiger partial charge on any atom is 0.256 e. The third-order valence-corrected chi connectivity index (χ3v) is 6.09. The highest BCUT2D eigenvalue weighted by Crippen LogP contribution is 2.27. The number of rotatable bonds is 7. The van der Waals surface area contributed by atoms with Gasteiger partial charge in [-0.15, -0.1) is 0 Å². The molecule has 7 heteroatoms. The molecular formula is C26H34N4O3. The van der Waals surface area contributed by atoms with Crippen LogP contribution in [-0.4, -0.2) is 66.8 Å². The number of benzene rings is 2. The van der Waals surface area contributed by atoms with Gasteiger partial charge in [-0.25, -0.2) is 0 Å². The zero-order valence-electron chi connectivity index (χ0n) is 20.1. The van der Waals surface area contributed by atoms with Gasteiger partial charge in [-0.1, -0.05) is 24.6 Å². The molecule has 0 aromatic heterocycles. The van der Waals surface area contributed by atoms with Crippen LogP contribution in [0.3, 0.4) is 0 Å². The minimum Gasteiger partial charge on any atom is -0.367 e. The fraction of sp³-hybridized carbons (Fsp3) is 0.423. The van der Waals surface area contributed by atoms with E-state index in [4.69, 9.17) is 0 Å². The molecule has 1 heterocycles. The Morgan fingerprint density at radius 3 is 2.12 bits per heavy atom. The Kier molecular flexibility index (Phi) is 8.09. The lowest BCUT2D eigenvalue weighted by Crippen LogP contribution is -2.49. The van der Waals surface area contributed by atoms with Gasteiger partial charge >= 0.3 is 0 Å². The Balaban J connectivity index is 1.80. The van der Waals surface area contributed by atoms with Crippen LogP contribution < -0.4 is 10.2 Å². The van der Waals surface area contributed by atoms with Gasteiger partial charge in [0.1, 0.15) is 0 Å². The van der Waals surface area contributed by atoms with Crippen LogP contribution in [0.1, 0.15) is 53.5 Å². The van der Waals surface area contributed by atoms with Crippen molar-refractivity contribution < 1.29 is 14.4 Å². The van der Waals surface area contributed by atoms with Crippen molar-refractivity contribution in [3.05, 3.63) is 59.2 Å². The minimum absolute atomic E-state index is 0.0340. The number of amides is 3. The highest BCUT2D eigenvalue weighted by molar-refractivity contribution is 6.02. The van der Waals surface area contributed by atoms with Gasteiger partial charge in [-0.3, -0.25) is 14.4 Å². The normalized spacial score (nSPS) is 13.6. The summed E-state index contributed by atoms with van der Waals surface area (Å²) in [6, 6.07) is 13.2. The van der Waals surface area contributed by atoms with Gasteiger partial charge in [0, 0.05) is 62.6 Å². The number of piperazine rings is 1. The van der Waals surface area contributed by atoms with Crippen LogP contribution in [-0.2, 0) is 4.79 Å². The van der Waals surface area contributed by atoms with E-state index < -0.39 is 0 Å². The molecular weight excluding hydrogens is 416 g/mol. The first-order valence-electron chi connectivity index (χ1n) is 11.7. The van der Waals surface area contributed by atoms with E-state index in [1.54, 1.807) is 17.9 Å². The van der Waals surface area contributed by atoms with Crippen LogP contribution in [0.5, 0.6) is 0 Å². The summed E-state index contributed by atoms with van der Waals surface area (Å²) in [5.74, 6) is -0.111. The van der Waals surface area contributed by atoms with E-state index in [1.165, 1.54) is 0 Å². The number of hydrogen-bond donors (Lipinski definition) is 1. The van der Waals surface area contributed by atoms with Crippen LogP contribution in [0.2, 0.25) is 0 Å². The Hall–Kier alpha value is -3.35. The average molecular weight is 451 g/mol. The fourth-order valence-electron chi connectivity index (χ4n) is 4.02. The molecule has 1 aliphatic rings. The van der Waals surface area contributed by atoms with Crippen molar-refractivity contribution in [1.29, 1.82) is 0 Å². The number of aryl methyl sites for hydroxylation is 1. The molecule has 0 bridgehead atoms. The van der Waals surface area contributed by atoms with E-state index in [0.29, 0.717) is 62.5 Å². The van der Waals surface area contributed by atoms with Crippen molar-refractivity contribution in [2.45, 2.75) is 34.1 Å². The molecule has 1 N–H and O–H groups in total. The molecule has 0 aliphatic carbocycles. The summed E-state index contributed by atoms with van der Waals surface area (Å²) in [4.78, 5) is 43.8. The zero-order chi connectivity index (χ0) is 24.0. The summed E-state index contributed by atoms with van der Waals surface area (Å²) in [6.07, 6.45) is 0.373. The van der Waals surface area contributed by atoms with E-state index in [-0.39, 0.29) is 17.7 Å². The largest absolute Gasteiger partial charge is 0.367 e. The number of anilines is 2. The highest BCUT2D eigenvalue weighted by atomic mass is 16.2. The molecule has 7 nitrogen and oxygen atoms in total. The SMILES string of the molecule is CCC(=O)Nc1ccc(N2CCN(C(=O)c3ccc(C)cc3)CC2)c(C(=O)N(CC)CC)c1. The van der Waals surface area contributed by atoms with E-state index in [9.17, 15) is 14.4 Å². The van der Waals surface area contributed by atoms with Crippen LogP contribution in [0.25, 0.3) is 0 Å². The maximum atomic E-state index is 13.3. The number of nitrogens with one attached hydrogen (secondary N) is 1. The van der Waals surface area contributed by atoms with Crippen molar-refractivity contribution >= 4 is 29.1 Å². The molecule has 1 saturated heterocycles. The lowest BCUT2D eigenvalue weighted by atomic mass is 10.1. The molecule has 3 amide bonds. The quantitative estimate of drug-likeness (QED) is 0.697. The molecule has 2 aromatic rings. The number of hydrogen-bond acceptors (Lipinski definition) is 4. The van der Waals surface area contributed by atoms with Crippen molar-refractivity contribution in [2.24, 2.45) is 0 Å². The van der Waals surface area contributed by atoms with E-state index >= 15 is 0 Å². The second-order valence-electron chi connectivity index (χ2n) is 8.26. The standard InChI is InChI=1S/C26H34N4O3/c1-5-24(31)27-21-12-13-23(22(18-21)26(33)28(6-2)7-3)29-14-16-30(17-15-29)25(32)20-10-8-19(4)9-11-20/h8-13,18H,5-7,14-17H2,1-4H3,(H,27,31). The molecule has 0 radical (unpaired) electrons. The first-order chi connectivity index (χ1) is 15.9. The number of nitrogens with zero attached hydrogens (tertiary/aromatic N) is 3. The monoisotopic (exact) mass is 450 g/mol. The van der Waals surface area contributed by atoms with E-state index in [2.05, 4.69) is 10.2 Å². The predicted molar refractivity (Wildman–Crippen MR) is 132 cm³/mol. The topological polar surface area (TPSA) is 73.0 Å². The summed E-state index contributed by atoms with van der Waals surface area (Å²) in [7, 11) is 0. The van der Waals surface area contributed by atoms with E-state index in [1.807, 2.05) is 62.1 Å². The van der Waals surface area contributed by atoms with Crippen LogP contribution in [0, 0.1) is 6.92 Å². The van der Waals surface area contributed by atoms with Crippen molar-refractivity contribution in [3.8, 4) is 0 Å². The lowest BCUT2D eigenvalue weighted by Gasteiger charge is -2.37. The van der Waals surface area contributed by atoms with Gasteiger partial charge in [0.15, 0.2) is 0 Å². The first kappa shape index (κ1) is 24.3. The number of carbonyl (C=O) groups is 3. The van der Waals surface area contributed by atoms with Crippen molar-refractivity contribution in [3.63, 3.8) is 0 Å². The Labute approximate surface area is 196 Å². The Morgan fingerprint density at radius 1 is 0.909 bits per heavy atom. The molecule has 0 saturated carbocycles. The van der Waals surface area contributed by atoms with Gasteiger partial charge in [0.25, 0.3) is 11.8 Å². The Morgan fingerprint density at radius 2 is 1.55 bits per heavy atom. The van der Waals surface area contributed by atoms with Crippen molar-refractivity contribution in [1.82, 2.24) is 9.80 Å². The molecule has 0 spiro atoms. The van der Waals surface area contributed by atoms with Crippen LogP contribution in [0.4, 0.5) is 11.4 Å². The predicted octanol–water partition coefficient (Wildman–Crippen LogP) is 3.79. The highest BCUT2D eigenvalue weighted by Gasteiger charge is 2.26. The van der Waals surface area contributed by atoms with Gasteiger partial charge in [-0.2, -0.15) is 0 Å². The number of carbonyl (C=O) groups excluding carboxylic acids is 3. The van der Waals surface area contributed by atoms with Gasteiger partial charge in [0.05, 0.1) is 5.56 Å². The van der Waals surface area contributed by atoms with Crippen molar-refractivity contribution in [2.75, 3.05) is 49.5 Å². The molecule has 33 heavy (non-hydrogen) atoms. The minimum atomic E-state index is -0.0905. The smallest absolute Gasteiger partial charge is 0.256 e. The molecule has 1 fully saturated rings. The van der Waals surface area contributed by atoms with Crippen LogP contribution >= 0.6 is 0 Å². The summed E-state index contributed by atoms with van der Waals surface area (Å²) >= 11 is 0. The summed E-state index contributed by atoms with van der Waals surface area (Å²) < 4.78 is 0. The summed E-state index contributed by atoms with van der Waals surface area (Å²) in [5.41, 5.74) is 3.85. The zero-order valence-corrected chi connectivity index (χ0v) is 20.1.